The Hall–Kier alpha value is -3.64. The first-order valence-electron chi connectivity index (χ1n) is 13.4. The lowest BCUT2D eigenvalue weighted by Gasteiger charge is -2.04. The van der Waals surface area contributed by atoms with Crippen LogP contribution in [0.3, 0.4) is 0 Å². The average molecular weight is 486 g/mol. The van der Waals surface area contributed by atoms with Crippen LogP contribution in [0.5, 0.6) is 0 Å². The maximum absolute atomic E-state index is 9.50. The summed E-state index contributed by atoms with van der Waals surface area (Å²) in [4.78, 5) is 4.43. The van der Waals surface area contributed by atoms with Crippen molar-refractivity contribution in [1.82, 2.24) is 5.32 Å². The molecule has 7 nitrogen and oxygen atoms in total. The number of allylic oxidation sites excluding steroid dienone is 3. The number of nitriles is 4. The van der Waals surface area contributed by atoms with Gasteiger partial charge in [0.1, 0.15) is 46.8 Å². The molecule has 0 aliphatic carbocycles. The maximum atomic E-state index is 9.50. The molecule has 0 aromatic heterocycles. The maximum Gasteiger partial charge on any atom is 0.145 e. The molecule has 36 heavy (non-hydrogen) atoms. The van der Waals surface area contributed by atoms with E-state index < -0.39 is 0 Å². The third-order valence-corrected chi connectivity index (χ3v) is 6.33. The second-order valence-electron chi connectivity index (χ2n) is 9.11. The number of amidine groups is 1. The molecule has 190 valence electrons. The summed E-state index contributed by atoms with van der Waals surface area (Å²) in [5, 5.41) is 47.6. The smallest absolute Gasteiger partial charge is 0.145 e. The fraction of sp³-hybridized carbons (Fsp3) is 0.621. The van der Waals surface area contributed by atoms with E-state index in [9.17, 15) is 15.8 Å². The highest BCUT2D eigenvalue weighted by atomic mass is 15.0. The molecule has 0 amide bonds. The van der Waals surface area contributed by atoms with Gasteiger partial charge in [-0.15, -0.1) is 0 Å². The minimum absolute atomic E-state index is 0.0391. The van der Waals surface area contributed by atoms with Gasteiger partial charge in [-0.1, -0.05) is 103 Å². The first-order chi connectivity index (χ1) is 17.7. The van der Waals surface area contributed by atoms with Crippen LogP contribution in [0.2, 0.25) is 0 Å². The largest absolute Gasteiger partial charge is 0.337 e. The van der Waals surface area contributed by atoms with Crippen molar-refractivity contribution in [2.24, 2.45) is 4.99 Å². The van der Waals surface area contributed by atoms with Gasteiger partial charge in [-0.3, -0.25) is 10.4 Å². The molecule has 1 aliphatic rings. The van der Waals surface area contributed by atoms with Crippen LogP contribution in [0.1, 0.15) is 110 Å². The van der Waals surface area contributed by atoms with Crippen LogP contribution in [0.25, 0.3) is 0 Å². The second-order valence-corrected chi connectivity index (χ2v) is 9.11. The van der Waals surface area contributed by atoms with Gasteiger partial charge in [0.25, 0.3) is 0 Å². The SMILES string of the molecule is CCCCCCCCCCCCCCCCCCN=C1N/C(=C(/C#N)C(=C=N)C#N)C(C#N)=C1C#N. The van der Waals surface area contributed by atoms with E-state index in [0.717, 1.165) is 19.3 Å². The van der Waals surface area contributed by atoms with E-state index in [2.05, 4.69) is 17.2 Å². The van der Waals surface area contributed by atoms with Crippen molar-refractivity contribution < 1.29 is 0 Å². The minimum Gasteiger partial charge on any atom is -0.337 e. The fourth-order valence-corrected chi connectivity index (χ4v) is 4.25. The Labute approximate surface area is 217 Å². The number of nitrogens with one attached hydrogen (secondary N) is 2. The van der Waals surface area contributed by atoms with Gasteiger partial charge in [-0.25, -0.2) is 0 Å². The number of nitrogens with zero attached hydrogens (tertiary/aromatic N) is 5. The van der Waals surface area contributed by atoms with E-state index in [-0.39, 0.29) is 33.8 Å². The summed E-state index contributed by atoms with van der Waals surface area (Å²) in [6, 6.07) is 7.43. The van der Waals surface area contributed by atoms with Crippen LogP contribution >= 0.6 is 0 Å². The van der Waals surface area contributed by atoms with Crippen molar-refractivity contribution in [3.8, 4) is 24.3 Å². The summed E-state index contributed by atoms with van der Waals surface area (Å²) in [5.74, 6) is 2.14. The Morgan fingerprint density at radius 2 is 1.17 bits per heavy atom. The highest BCUT2D eigenvalue weighted by Crippen LogP contribution is 2.26. The van der Waals surface area contributed by atoms with Gasteiger partial charge in [0.05, 0.1) is 11.3 Å². The molecular weight excluding hydrogens is 446 g/mol. The van der Waals surface area contributed by atoms with Crippen molar-refractivity contribution >= 4 is 11.7 Å². The average Bonchev–Trinajstić information content (AvgIpc) is 3.25. The monoisotopic (exact) mass is 485 g/mol. The molecule has 1 heterocycles. The first kappa shape index (κ1) is 30.4. The van der Waals surface area contributed by atoms with E-state index >= 15 is 0 Å². The first-order valence-corrected chi connectivity index (χ1v) is 13.4. The van der Waals surface area contributed by atoms with Crippen LogP contribution < -0.4 is 5.32 Å². The molecule has 0 aromatic carbocycles. The normalized spacial score (nSPS) is 14.9. The molecule has 0 aromatic rings. The summed E-state index contributed by atoms with van der Waals surface area (Å²) in [6.07, 6.45) is 20.6. The zero-order valence-electron chi connectivity index (χ0n) is 21.8. The molecule has 2 N–H and O–H groups in total. The molecule has 0 fully saturated rings. The topological polar surface area (TPSA) is 143 Å². The quantitative estimate of drug-likeness (QED) is 0.121. The van der Waals surface area contributed by atoms with E-state index in [1.807, 2.05) is 24.1 Å². The third-order valence-electron chi connectivity index (χ3n) is 6.33. The Bertz CT molecular complexity index is 1010. The minimum atomic E-state index is -0.302. The van der Waals surface area contributed by atoms with E-state index in [0.29, 0.717) is 6.54 Å². The lowest BCUT2D eigenvalue weighted by atomic mass is 10.0. The number of unbranched alkanes of at least 4 members (excludes halogenated alkanes) is 15. The molecule has 0 radical (unpaired) electrons. The summed E-state index contributed by atoms with van der Waals surface area (Å²) in [5.41, 5.74) is -0.436. The van der Waals surface area contributed by atoms with E-state index in [1.54, 1.807) is 6.07 Å². The molecular formula is C29H39N7. The molecule has 1 rings (SSSR count). The van der Waals surface area contributed by atoms with Crippen LogP contribution in [0.4, 0.5) is 0 Å². The molecule has 0 saturated heterocycles. The zero-order chi connectivity index (χ0) is 26.4. The molecule has 0 bridgehead atoms. The predicted octanol–water partition coefficient (Wildman–Crippen LogP) is 7.07. The van der Waals surface area contributed by atoms with Gasteiger partial charge in [0.15, 0.2) is 0 Å². The molecule has 0 unspecified atom stereocenters. The van der Waals surface area contributed by atoms with E-state index in [4.69, 9.17) is 10.7 Å². The molecule has 1 aliphatic heterocycles. The number of hydrogen-bond donors (Lipinski definition) is 2. The van der Waals surface area contributed by atoms with Gasteiger partial charge >= 0.3 is 0 Å². The summed E-state index contributed by atoms with van der Waals surface area (Å²) in [6.45, 7) is 2.77. The van der Waals surface area contributed by atoms with Gasteiger partial charge in [-0.2, -0.15) is 21.0 Å². The van der Waals surface area contributed by atoms with Gasteiger partial charge in [0.2, 0.25) is 0 Å². The zero-order valence-corrected chi connectivity index (χ0v) is 21.8. The molecule has 7 heteroatoms. The fourth-order valence-electron chi connectivity index (χ4n) is 4.25. The summed E-state index contributed by atoms with van der Waals surface area (Å²) in [7, 11) is 0. The Kier molecular flexibility index (Phi) is 16.6. The van der Waals surface area contributed by atoms with Gasteiger partial charge in [-0.05, 0) is 12.3 Å². The molecule has 0 atom stereocenters. The highest BCUT2D eigenvalue weighted by Gasteiger charge is 2.29. The van der Waals surface area contributed by atoms with Crippen LogP contribution in [0.15, 0.2) is 33.0 Å². The highest BCUT2D eigenvalue weighted by molar-refractivity contribution is 6.09. The summed E-state index contributed by atoms with van der Waals surface area (Å²) >= 11 is 0. The molecule has 0 saturated carbocycles. The van der Waals surface area contributed by atoms with Crippen molar-refractivity contribution in [2.75, 3.05) is 6.54 Å². The second kappa shape index (κ2) is 19.6. The van der Waals surface area contributed by atoms with Crippen molar-refractivity contribution in [1.29, 1.82) is 26.5 Å². The number of rotatable bonds is 18. The number of hydrogen-bond acceptors (Lipinski definition) is 6. The Morgan fingerprint density at radius 1 is 0.694 bits per heavy atom. The van der Waals surface area contributed by atoms with Crippen molar-refractivity contribution in [3.05, 3.63) is 28.0 Å². The van der Waals surface area contributed by atoms with Crippen molar-refractivity contribution in [2.45, 2.75) is 110 Å². The Balaban J connectivity index is 2.30. The van der Waals surface area contributed by atoms with Crippen LogP contribution in [-0.4, -0.2) is 18.3 Å². The third kappa shape index (κ3) is 10.7. The lowest BCUT2D eigenvalue weighted by molar-refractivity contribution is 0.530. The van der Waals surface area contributed by atoms with Crippen molar-refractivity contribution in [3.63, 3.8) is 0 Å². The van der Waals surface area contributed by atoms with Crippen LogP contribution in [0, 0.1) is 50.7 Å². The molecule has 0 spiro atoms. The standard InChI is InChI=1S/C29H39N7/c1-2-3-4-5-6-7-8-9-10-11-12-13-14-15-16-17-18-35-29-27(23-34)26(22-33)28(36-29)25(21-32)24(19-30)20-31/h30H,2-18H2,1H3,(H,35,36)/b28-25-. The van der Waals surface area contributed by atoms with Crippen LogP contribution in [-0.2, 0) is 0 Å². The van der Waals surface area contributed by atoms with E-state index in [1.165, 1.54) is 83.5 Å². The predicted molar refractivity (Wildman–Crippen MR) is 143 cm³/mol. The van der Waals surface area contributed by atoms with Gasteiger partial charge < -0.3 is 5.32 Å². The number of aliphatic imine (C=N–C) groups is 1. The van der Waals surface area contributed by atoms with Gasteiger partial charge in [0, 0.05) is 6.54 Å². The summed E-state index contributed by atoms with van der Waals surface area (Å²) < 4.78 is 0. The Morgan fingerprint density at radius 3 is 1.56 bits per heavy atom. The lowest BCUT2D eigenvalue weighted by Crippen LogP contribution is -2.19.